The smallest absolute Gasteiger partial charge is 0.333 e. The van der Waals surface area contributed by atoms with Crippen LogP contribution in [0.1, 0.15) is 69.4 Å². The Hall–Kier alpha value is -3.00. The molecule has 1 aliphatic carbocycles. The molecule has 0 aliphatic heterocycles. The van der Waals surface area contributed by atoms with Crippen molar-refractivity contribution in [2.45, 2.75) is 77.4 Å². The van der Waals surface area contributed by atoms with E-state index in [1.165, 1.54) is 44.2 Å². The lowest BCUT2D eigenvalue weighted by Crippen LogP contribution is -2.35. The van der Waals surface area contributed by atoms with Crippen LogP contribution >= 0.6 is 0 Å². The van der Waals surface area contributed by atoms with E-state index in [4.69, 9.17) is 9.47 Å². The number of hydrogen-bond donors (Lipinski definition) is 1. The highest BCUT2D eigenvalue weighted by Crippen LogP contribution is 2.28. The van der Waals surface area contributed by atoms with Crippen molar-refractivity contribution in [3.63, 3.8) is 0 Å². The van der Waals surface area contributed by atoms with Gasteiger partial charge in [-0.2, -0.15) is 0 Å². The molecule has 1 fully saturated rings. The first-order valence-electron chi connectivity index (χ1n) is 13.6. The van der Waals surface area contributed by atoms with Gasteiger partial charge in [0.1, 0.15) is 17.4 Å². The summed E-state index contributed by atoms with van der Waals surface area (Å²) >= 11 is 0. The van der Waals surface area contributed by atoms with Crippen LogP contribution in [0, 0.1) is 17.6 Å². The fourth-order valence-electron chi connectivity index (χ4n) is 4.95. The van der Waals surface area contributed by atoms with Crippen LogP contribution in [0.2, 0.25) is 0 Å². The van der Waals surface area contributed by atoms with Crippen molar-refractivity contribution in [2.24, 2.45) is 5.92 Å². The van der Waals surface area contributed by atoms with Crippen molar-refractivity contribution in [1.29, 1.82) is 0 Å². The number of carbonyl (C=O) groups excluding carboxylic acids is 1. The summed E-state index contributed by atoms with van der Waals surface area (Å²) in [6, 6.07) is 10.3. The second kappa shape index (κ2) is 15.4. The second-order valence-electron chi connectivity index (χ2n) is 9.97. The number of aliphatic carboxylic acids is 1. The summed E-state index contributed by atoms with van der Waals surface area (Å²) in [5.41, 5.74) is 1.04. The number of carboxylic acids is 1. The zero-order chi connectivity index (χ0) is 27.3. The maximum Gasteiger partial charge on any atom is 0.333 e. The van der Waals surface area contributed by atoms with Crippen molar-refractivity contribution in [3.05, 3.63) is 65.2 Å². The highest BCUT2D eigenvalue weighted by molar-refractivity contribution is 5.77. The number of amides is 1. The van der Waals surface area contributed by atoms with Crippen molar-refractivity contribution in [2.75, 3.05) is 19.8 Å². The lowest BCUT2D eigenvalue weighted by atomic mass is 9.86. The average molecular weight is 532 g/mol. The largest absolute Gasteiger partial charge is 0.484 e. The molecule has 38 heavy (non-hydrogen) atoms. The first-order valence-corrected chi connectivity index (χ1v) is 13.6. The minimum absolute atomic E-state index is 0.0463. The van der Waals surface area contributed by atoms with Gasteiger partial charge in [0.25, 0.3) is 5.91 Å². The normalized spacial score (nSPS) is 14.7. The second-order valence-corrected chi connectivity index (χ2v) is 9.97. The van der Waals surface area contributed by atoms with Gasteiger partial charge in [-0.15, -0.1) is 0 Å². The summed E-state index contributed by atoms with van der Waals surface area (Å²) in [6.45, 7) is 2.35. The van der Waals surface area contributed by atoms with E-state index in [9.17, 15) is 23.5 Å². The molecule has 0 bridgehead atoms. The average Bonchev–Trinajstić information content (AvgIpc) is 2.91. The summed E-state index contributed by atoms with van der Waals surface area (Å²) in [5.74, 6) is -1.40. The molecule has 6 nitrogen and oxygen atoms in total. The monoisotopic (exact) mass is 531 g/mol. The molecule has 0 spiro atoms. The molecular formula is C30H39F2NO5. The molecular weight excluding hydrogens is 492 g/mol. The molecule has 1 N–H and O–H groups in total. The molecule has 2 aromatic rings. The van der Waals surface area contributed by atoms with E-state index < -0.39 is 23.7 Å². The Bertz CT molecular complexity index is 1020. The number of carbonyl (C=O) groups is 2. The molecule has 1 atom stereocenters. The number of carboxylic acid groups (broad SMARTS) is 1. The fraction of sp³-hybridized carbons (Fsp3) is 0.533. The van der Waals surface area contributed by atoms with E-state index in [1.54, 1.807) is 36.1 Å². The first-order chi connectivity index (χ1) is 18.4. The molecule has 1 amide bonds. The molecule has 0 saturated heterocycles. The van der Waals surface area contributed by atoms with E-state index >= 15 is 0 Å². The molecule has 0 radical (unpaired) electrons. The van der Waals surface area contributed by atoms with Gasteiger partial charge < -0.3 is 19.5 Å². The Morgan fingerprint density at radius 1 is 1.05 bits per heavy atom. The van der Waals surface area contributed by atoms with Crippen LogP contribution < -0.4 is 4.74 Å². The maximum absolute atomic E-state index is 14.3. The number of hydrogen-bond acceptors (Lipinski definition) is 4. The zero-order valence-electron chi connectivity index (χ0n) is 22.2. The lowest BCUT2D eigenvalue weighted by molar-refractivity contribution is -0.150. The standard InChI is InChI=1S/C30H39F2NO5/c1-2-37-28(30(35)36)18-23-11-15-26(16-12-23)38-21-29(34)33(20-24-13-14-25(31)19-27(24)32)17-7-6-10-22-8-4-3-5-9-22/h11-16,19,22,28H,2-10,17-18,20-21H2,1H3,(H,35,36)/t28-/m0/s1. The summed E-state index contributed by atoms with van der Waals surface area (Å²) in [4.78, 5) is 26.0. The third-order valence-electron chi connectivity index (χ3n) is 7.09. The quantitative estimate of drug-likeness (QED) is 0.279. The number of benzene rings is 2. The van der Waals surface area contributed by atoms with Gasteiger partial charge >= 0.3 is 5.97 Å². The van der Waals surface area contributed by atoms with E-state index in [0.29, 0.717) is 18.9 Å². The predicted octanol–water partition coefficient (Wildman–Crippen LogP) is 6.16. The number of nitrogens with zero attached hydrogens (tertiary/aromatic N) is 1. The molecule has 8 heteroatoms. The Morgan fingerprint density at radius 2 is 1.79 bits per heavy atom. The third-order valence-corrected chi connectivity index (χ3v) is 7.09. The Morgan fingerprint density at radius 3 is 2.45 bits per heavy atom. The van der Waals surface area contributed by atoms with Crippen LogP contribution in [0.15, 0.2) is 42.5 Å². The van der Waals surface area contributed by atoms with Gasteiger partial charge in [0, 0.05) is 37.7 Å². The van der Waals surface area contributed by atoms with E-state index in [2.05, 4.69) is 0 Å². The lowest BCUT2D eigenvalue weighted by Gasteiger charge is -2.25. The van der Waals surface area contributed by atoms with E-state index in [0.717, 1.165) is 36.8 Å². The van der Waals surface area contributed by atoms with E-state index in [-0.39, 0.29) is 31.0 Å². The van der Waals surface area contributed by atoms with Crippen LogP contribution in [-0.4, -0.2) is 47.7 Å². The van der Waals surface area contributed by atoms with Gasteiger partial charge in [-0.1, -0.05) is 63.1 Å². The van der Waals surface area contributed by atoms with Gasteiger partial charge in [0.05, 0.1) is 0 Å². The molecule has 1 aliphatic rings. The van der Waals surface area contributed by atoms with Gasteiger partial charge in [-0.25, -0.2) is 13.6 Å². The number of unbranched alkanes of at least 4 members (excludes halogenated alkanes) is 1. The molecule has 208 valence electrons. The zero-order valence-corrected chi connectivity index (χ0v) is 22.2. The molecule has 3 rings (SSSR count). The third kappa shape index (κ3) is 9.71. The van der Waals surface area contributed by atoms with Crippen LogP contribution in [0.25, 0.3) is 0 Å². The summed E-state index contributed by atoms with van der Waals surface area (Å²) < 4.78 is 38.7. The number of rotatable bonds is 15. The van der Waals surface area contributed by atoms with Crippen molar-refractivity contribution < 1.29 is 33.0 Å². The van der Waals surface area contributed by atoms with Crippen LogP contribution in [0.5, 0.6) is 5.75 Å². The van der Waals surface area contributed by atoms with E-state index in [1.807, 2.05) is 0 Å². The summed E-state index contributed by atoms with van der Waals surface area (Å²) in [5, 5.41) is 9.26. The maximum atomic E-state index is 14.3. The predicted molar refractivity (Wildman–Crippen MR) is 141 cm³/mol. The van der Waals surface area contributed by atoms with Gasteiger partial charge in [0.2, 0.25) is 0 Å². The SMILES string of the molecule is CCO[C@@H](Cc1ccc(OCC(=O)N(CCCCC2CCCCC2)Cc2ccc(F)cc2F)cc1)C(=O)O. The van der Waals surface area contributed by atoms with Crippen molar-refractivity contribution in [1.82, 2.24) is 4.90 Å². The van der Waals surface area contributed by atoms with Gasteiger partial charge in [-0.3, -0.25) is 4.79 Å². The Balaban J connectivity index is 1.56. The minimum atomic E-state index is -1.02. The highest BCUT2D eigenvalue weighted by Gasteiger charge is 2.20. The Labute approximate surface area is 223 Å². The van der Waals surface area contributed by atoms with Crippen LogP contribution in [-0.2, 0) is 27.3 Å². The fourth-order valence-corrected chi connectivity index (χ4v) is 4.95. The molecule has 2 aromatic carbocycles. The van der Waals surface area contributed by atoms with Gasteiger partial charge in [-0.05, 0) is 43.0 Å². The molecule has 1 saturated carbocycles. The Kier molecular flexibility index (Phi) is 12.0. The molecule has 0 aromatic heterocycles. The number of ether oxygens (including phenoxy) is 2. The first kappa shape index (κ1) is 29.6. The summed E-state index contributed by atoms with van der Waals surface area (Å²) in [7, 11) is 0. The van der Waals surface area contributed by atoms with Gasteiger partial charge in [0.15, 0.2) is 12.7 Å². The van der Waals surface area contributed by atoms with Crippen LogP contribution in [0.4, 0.5) is 8.78 Å². The van der Waals surface area contributed by atoms with Crippen LogP contribution in [0.3, 0.4) is 0 Å². The molecule has 0 unspecified atom stereocenters. The van der Waals surface area contributed by atoms with Crippen molar-refractivity contribution in [3.8, 4) is 5.75 Å². The van der Waals surface area contributed by atoms with Crippen molar-refractivity contribution >= 4 is 11.9 Å². The summed E-state index contributed by atoms with van der Waals surface area (Å²) in [6.07, 6.45) is 8.72. The minimum Gasteiger partial charge on any atom is -0.484 e. The highest BCUT2D eigenvalue weighted by atomic mass is 19.1. The number of halogens is 2. The molecule has 0 heterocycles. The topological polar surface area (TPSA) is 76.1 Å².